The number of nitrogens with one attached hydrogen (secondary N) is 2. The summed E-state index contributed by atoms with van der Waals surface area (Å²) in [6.07, 6.45) is 3.15. The second kappa shape index (κ2) is 5.55. The molecule has 0 amide bonds. The van der Waals surface area contributed by atoms with Gasteiger partial charge in [-0.1, -0.05) is 0 Å². The van der Waals surface area contributed by atoms with Crippen molar-refractivity contribution in [3.05, 3.63) is 33.1 Å². The van der Waals surface area contributed by atoms with Crippen LogP contribution in [0.5, 0.6) is 0 Å². The molecule has 2 aromatic heterocycles. The zero-order chi connectivity index (χ0) is 16.8. The van der Waals surface area contributed by atoms with Gasteiger partial charge in [0.2, 0.25) is 10.0 Å². The van der Waals surface area contributed by atoms with Crippen LogP contribution in [0.3, 0.4) is 0 Å². The van der Waals surface area contributed by atoms with Crippen molar-refractivity contribution in [3.63, 3.8) is 0 Å². The van der Waals surface area contributed by atoms with E-state index in [1.807, 2.05) is 0 Å². The highest BCUT2D eigenvalue weighted by Gasteiger charge is 2.29. The van der Waals surface area contributed by atoms with Gasteiger partial charge in [-0.3, -0.25) is 14.3 Å². The van der Waals surface area contributed by atoms with Crippen molar-refractivity contribution in [2.75, 3.05) is 6.54 Å². The van der Waals surface area contributed by atoms with Crippen molar-refractivity contribution in [2.24, 2.45) is 18.7 Å². The van der Waals surface area contributed by atoms with Crippen LogP contribution >= 0.6 is 0 Å². The van der Waals surface area contributed by atoms with Crippen LogP contribution in [0, 0.1) is 5.92 Å². The first-order chi connectivity index (χ1) is 10.8. The molecule has 0 aliphatic heterocycles. The Bertz CT molecular complexity index is 974. The lowest BCUT2D eigenvalue weighted by atomic mass is 10.2. The number of rotatable bonds is 5. The van der Waals surface area contributed by atoms with Gasteiger partial charge in [-0.05, 0) is 24.8 Å². The molecule has 124 valence electrons. The van der Waals surface area contributed by atoms with Crippen LogP contribution in [0.25, 0.3) is 11.0 Å². The predicted octanol–water partition coefficient (Wildman–Crippen LogP) is -1.36. The number of aromatic nitrogens is 3. The van der Waals surface area contributed by atoms with Crippen LogP contribution in [0.2, 0.25) is 0 Å². The topological polar surface area (TPSA) is 140 Å². The number of nitrogens with zero attached hydrogens (tertiary/aromatic N) is 2. The van der Waals surface area contributed by atoms with Crippen molar-refractivity contribution < 1.29 is 8.42 Å². The maximum absolute atomic E-state index is 12.3. The molecule has 1 atom stereocenters. The standard InChI is InChI=1S/C13H17N5O4S/c1-18-11-9(12(19)17-13(18)20)4-8(5-15-11)23(21,22)16-6-10(14)7-2-3-7/h4-5,7,10,16H,2-3,6,14H2,1H3,(H,17,19,20). The lowest BCUT2D eigenvalue weighted by Crippen LogP contribution is -2.38. The van der Waals surface area contributed by atoms with Gasteiger partial charge in [-0.2, -0.15) is 0 Å². The zero-order valence-corrected chi connectivity index (χ0v) is 13.3. The average molecular weight is 339 g/mol. The van der Waals surface area contributed by atoms with Crippen molar-refractivity contribution in [2.45, 2.75) is 23.8 Å². The van der Waals surface area contributed by atoms with E-state index in [-0.39, 0.29) is 28.5 Å². The lowest BCUT2D eigenvalue weighted by Gasteiger charge is -2.12. The van der Waals surface area contributed by atoms with Crippen molar-refractivity contribution in [1.82, 2.24) is 19.3 Å². The first-order valence-corrected chi connectivity index (χ1v) is 8.62. The third kappa shape index (κ3) is 3.05. The molecule has 0 spiro atoms. The fraction of sp³-hybridized carbons (Fsp3) is 0.462. The first-order valence-electron chi connectivity index (χ1n) is 7.14. The SMILES string of the molecule is Cn1c(=O)[nH]c(=O)c2cc(S(=O)(=O)NCC(N)C3CC3)cnc21. The first kappa shape index (κ1) is 15.8. The van der Waals surface area contributed by atoms with Crippen LogP contribution in [0.1, 0.15) is 12.8 Å². The summed E-state index contributed by atoms with van der Waals surface area (Å²) in [5.74, 6) is 0.366. The molecule has 1 unspecified atom stereocenters. The van der Waals surface area contributed by atoms with E-state index in [0.29, 0.717) is 5.92 Å². The third-order valence-corrected chi connectivity index (χ3v) is 5.37. The Morgan fingerprint density at radius 2 is 2.17 bits per heavy atom. The Labute approximate surface area is 131 Å². The molecule has 4 N–H and O–H groups in total. The highest BCUT2D eigenvalue weighted by atomic mass is 32.2. The Hall–Kier alpha value is -2.04. The molecule has 1 fully saturated rings. The van der Waals surface area contributed by atoms with E-state index in [2.05, 4.69) is 14.7 Å². The van der Waals surface area contributed by atoms with E-state index in [1.54, 1.807) is 0 Å². The normalized spacial score (nSPS) is 16.6. The highest BCUT2D eigenvalue weighted by Crippen LogP contribution is 2.31. The molecule has 3 rings (SSSR count). The number of H-pyrrole nitrogens is 1. The van der Waals surface area contributed by atoms with Gasteiger partial charge < -0.3 is 5.73 Å². The van der Waals surface area contributed by atoms with Crippen LogP contribution in [-0.4, -0.2) is 35.5 Å². The van der Waals surface area contributed by atoms with E-state index < -0.39 is 21.3 Å². The minimum Gasteiger partial charge on any atom is -0.326 e. The van der Waals surface area contributed by atoms with Crippen LogP contribution in [0.4, 0.5) is 0 Å². The summed E-state index contributed by atoms with van der Waals surface area (Å²) in [6.45, 7) is 0.134. The molecule has 0 radical (unpaired) electrons. The molecule has 1 saturated carbocycles. The zero-order valence-electron chi connectivity index (χ0n) is 12.4. The maximum atomic E-state index is 12.3. The molecule has 0 saturated heterocycles. The highest BCUT2D eigenvalue weighted by molar-refractivity contribution is 7.89. The molecular weight excluding hydrogens is 322 g/mol. The number of hydrogen-bond acceptors (Lipinski definition) is 6. The van der Waals surface area contributed by atoms with Gasteiger partial charge in [-0.25, -0.2) is 22.9 Å². The Balaban J connectivity index is 1.96. The number of aryl methyl sites for hydroxylation is 1. The third-order valence-electron chi connectivity index (χ3n) is 3.98. The molecule has 2 aromatic rings. The molecule has 1 aliphatic rings. The smallest absolute Gasteiger partial charge is 0.326 e. The summed E-state index contributed by atoms with van der Waals surface area (Å²) >= 11 is 0. The van der Waals surface area contributed by atoms with Gasteiger partial charge in [0.25, 0.3) is 5.56 Å². The van der Waals surface area contributed by atoms with E-state index in [0.717, 1.165) is 23.6 Å². The van der Waals surface area contributed by atoms with Gasteiger partial charge in [-0.15, -0.1) is 0 Å². The number of nitrogens with two attached hydrogens (primary N) is 1. The van der Waals surface area contributed by atoms with Crippen LogP contribution < -0.4 is 21.7 Å². The Morgan fingerprint density at radius 3 is 2.83 bits per heavy atom. The molecule has 1 aliphatic carbocycles. The number of hydrogen-bond donors (Lipinski definition) is 3. The second-order valence-corrected chi connectivity index (χ2v) is 7.48. The van der Waals surface area contributed by atoms with Crippen molar-refractivity contribution in [3.8, 4) is 0 Å². The maximum Gasteiger partial charge on any atom is 0.329 e. The summed E-state index contributed by atoms with van der Waals surface area (Å²) in [5, 5.41) is 0.0291. The van der Waals surface area contributed by atoms with Crippen LogP contribution in [0.15, 0.2) is 26.7 Å². The van der Waals surface area contributed by atoms with Gasteiger partial charge in [0.1, 0.15) is 10.5 Å². The molecule has 0 aromatic carbocycles. The second-order valence-electron chi connectivity index (χ2n) is 5.71. The lowest BCUT2D eigenvalue weighted by molar-refractivity contribution is 0.547. The fourth-order valence-electron chi connectivity index (χ4n) is 2.34. The van der Waals surface area contributed by atoms with Gasteiger partial charge in [0, 0.05) is 25.8 Å². The van der Waals surface area contributed by atoms with Crippen molar-refractivity contribution in [1.29, 1.82) is 0 Å². The minimum absolute atomic E-state index is 0.0291. The summed E-state index contributed by atoms with van der Waals surface area (Å²) < 4.78 is 28.2. The summed E-state index contributed by atoms with van der Waals surface area (Å²) in [4.78, 5) is 29.3. The average Bonchev–Trinajstić information content (AvgIpc) is 3.35. The number of sulfonamides is 1. The summed E-state index contributed by atoms with van der Waals surface area (Å²) in [7, 11) is -2.39. The number of pyridine rings is 1. The Kier molecular flexibility index (Phi) is 3.82. The minimum atomic E-state index is -3.82. The largest absolute Gasteiger partial charge is 0.329 e. The summed E-state index contributed by atoms with van der Waals surface area (Å²) in [6, 6.07) is 0.980. The predicted molar refractivity (Wildman–Crippen MR) is 83.5 cm³/mol. The molecule has 0 bridgehead atoms. The molecule has 10 heteroatoms. The summed E-state index contributed by atoms with van der Waals surface area (Å²) in [5.41, 5.74) is 4.71. The Morgan fingerprint density at radius 1 is 1.48 bits per heavy atom. The van der Waals surface area contributed by atoms with E-state index in [1.165, 1.54) is 13.1 Å². The van der Waals surface area contributed by atoms with E-state index in [9.17, 15) is 18.0 Å². The van der Waals surface area contributed by atoms with Crippen molar-refractivity contribution >= 4 is 21.1 Å². The molecule has 23 heavy (non-hydrogen) atoms. The quantitative estimate of drug-likeness (QED) is 0.614. The monoisotopic (exact) mass is 339 g/mol. The fourth-order valence-corrected chi connectivity index (χ4v) is 3.39. The van der Waals surface area contributed by atoms with E-state index >= 15 is 0 Å². The number of aromatic amines is 1. The van der Waals surface area contributed by atoms with E-state index in [4.69, 9.17) is 5.73 Å². The molecular formula is C13H17N5O4S. The van der Waals surface area contributed by atoms with Crippen LogP contribution in [-0.2, 0) is 17.1 Å². The van der Waals surface area contributed by atoms with Gasteiger partial charge in [0.15, 0.2) is 0 Å². The number of fused-ring (bicyclic) bond motifs is 1. The van der Waals surface area contributed by atoms with Gasteiger partial charge >= 0.3 is 5.69 Å². The molecule has 2 heterocycles. The van der Waals surface area contributed by atoms with Gasteiger partial charge in [0.05, 0.1) is 5.39 Å². The molecule has 9 nitrogen and oxygen atoms in total.